The van der Waals surface area contributed by atoms with E-state index in [1.807, 2.05) is 6.92 Å². The lowest BCUT2D eigenvalue weighted by Crippen LogP contribution is -2.43. The number of amides is 2. The first-order chi connectivity index (χ1) is 11.9. The first-order valence-corrected chi connectivity index (χ1v) is 9.24. The third-order valence-electron chi connectivity index (χ3n) is 5.00. The van der Waals surface area contributed by atoms with E-state index in [0.717, 1.165) is 25.8 Å². The van der Waals surface area contributed by atoms with Crippen LogP contribution in [0, 0.1) is 13.8 Å². The van der Waals surface area contributed by atoms with Gasteiger partial charge in [-0.2, -0.15) is 0 Å². The molecule has 0 aliphatic carbocycles. The van der Waals surface area contributed by atoms with Crippen LogP contribution in [0.25, 0.3) is 0 Å². The van der Waals surface area contributed by atoms with Gasteiger partial charge in [0.25, 0.3) is 0 Å². The van der Waals surface area contributed by atoms with E-state index in [0.29, 0.717) is 19.1 Å². The lowest BCUT2D eigenvalue weighted by Gasteiger charge is -2.27. The number of rotatable bonds is 7. The van der Waals surface area contributed by atoms with Gasteiger partial charge < -0.3 is 10.2 Å². The van der Waals surface area contributed by atoms with Crippen LogP contribution in [0.1, 0.15) is 48.9 Å². The molecule has 1 saturated heterocycles. The van der Waals surface area contributed by atoms with Gasteiger partial charge in [0, 0.05) is 19.6 Å². The smallest absolute Gasteiger partial charge is 0.239 e. The molecule has 2 amide bonds. The standard InChI is InChI=1S/C20H31N3O2/c1-5-10-21-19(24)13-22(4)20(25)14-23-11-6-7-18(23)17-9-8-15(2)16(3)12-17/h8-9,12,18H,5-7,10-11,13-14H2,1-4H3,(H,21,24). The molecule has 25 heavy (non-hydrogen) atoms. The predicted octanol–water partition coefficient (Wildman–Crippen LogP) is 2.42. The molecule has 2 rings (SSSR count). The van der Waals surface area contributed by atoms with Crippen LogP contribution in [0.3, 0.4) is 0 Å². The van der Waals surface area contributed by atoms with E-state index in [2.05, 4.69) is 42.3 Å². The molecule has 1 aromatic rings. The van der Waals surface area contributed by atoms with Gasteiger partial charge in [0.05, 0.1) is 13.1 Å². The summed E-state index contributed by atoms with van der Waals surface area (Å²) < 4.78 is 0. The third-order valence-corrected chi connectivity index (χ3v) is 5.00. The summed E-state index contributed by atoms with van der Waals surface area (Å²) in [6.07, 6.45) is 3.08. The molecular weight excluding hydrogens is 314 g/mol. The molecule has 1 fully saturated rings. The number of hydrogen-bond donors (Lipinski definition) is 1. The fourth-order valence-corrected chi connectivity index (χ4v) is 3.28. The highest BCUT2D eigenvalue weighted by Gasteiger charge is 2.28. The van der Waals surface area contributed by atoms with E-state index in [4.69, 9.17) is 0 Å². The van der Waals surface area contributed by atoms with Gasteiger partial charge >= 0.3 is 0 Å². The van der Waals surface area contributed by atoms with Crippen molar-refractivity contribution in [1.82, 2.24) is 15.1 Å². The Balaban J connectivity index is 1.94. The minimum atomic E-state index is -0.0927. The van der Waals surface area contributed by atoms with Crippen LogP contribution in [0.2, 0.25) is 0 Å². The zero-order valence-electron chi connectivity index (χ0n) is 16.0. The molecule has 1 heterocycles. The summed E-state index contributed by atoms with van der Waals surface area (Å²) in [6, 6.07) is 6.88. The summed E-state index contributed by atoms with van der Waals surface area (Å²) in [7, 11) is 1.70. The van der Waals surface area contributed by atoms with E-state index in [-0.39, 0.29) is 18.4 Å². The molecule has 5 heteroatoms. The monoisotopic (exact) mass is 345 g/mol. The Labute approximate surface area is 151 Å². The second-order valence-electron chi connectivity index (χ2n) is 7.07. The highest BCUT2D eigenvalue weighted by Crippen LogP contribution is 2.32. The van der Waals surface area contributed by atoms with Gasteiger partial charge in [0.2, 0.25) is 11.8 Å². The first-order valence-electron chi connectivity index (χ1n) is 9.24. The quantitative estimate of drug-likeness (QED) is 0.826. The molecule has 1 aliphatic rings. The number of likely N-dealkylation sites (tertiary alicyclic amines) is 1. The minimum Gasteiger partial charge on any atom is -0.355 e. The fraction of sp³-hybridized carbons (Fsp3) is 0.600. The Bertz CT molecular complexity index is 615. The lowest BCUT2D eigenvalue weighted by molar-refractivity contribution is -0.135. The molecule has 0 bridgehead atoms. The predicted molar refractivity (Wildman–Crippen MR) is 100 cm³/mol. The van der Waals surface area contributed by atoms with Gasteiger partial charge in [0.15, 0.2) is 0 Å². The van der Waals surface area contributed by atoms with Crippen molar-refractivity contribution in [3.63, 3.8) is 0 Å². The maximum absolute atomic E-state index is 12.5. The summed E-state index contributed by atoms with van der Waals surface area (Å²) in [4.78, 5) is 28.1. The summed E-state index contributed by atoms with van der Waals surface area (Å²) in [5.74, 6) is -0.0905. The maximum Gasteiger partial charge on any atom is 0.239 e. The zero-order chi connectivity index (χ0) is 18.4. The second kappa shape index (κ2) is 8.99. The van der Waals surface area contributed by atoms with Crippen molar-refractivity contribution in [2.45, 2.75) is 46.1 Å². The van der Waals surface area contributed by atoms with Crippen molar-refractivity contribution in [3.8, 4) is 0 Å². The molecule has 1 aromatic carbocycles. The summed E-state index contributed by atoms with van der Waals surface area (Å²) in [6.45, 7) is 8.34. The fourth-order valence-electron chi connectivity index (χ4n) is 3.28. The van der Waals surface area contributed by atoms with Gasteiger partial charge in [-0.1, -0.05) is 25.1 Å². The average Bonchev–Trinajstić information content (AvgIpc) is 3.03. The SMILES string of the molecule is CCCNC(=O)CN(C)C(=O)CN1CCCC1c1ccc(C)c(C)c1. The lowest BCUT2D eigenvalue weighted by atomic mass is 9.99. The largest absolute Gasteiger partial charge is 0.355 e. The molecular formula is C20H31N3O2. The van der Waals surface area contributed by atoms with E-state index in [1.54, 1.807) is 7.05 Å². The van der Waals surface area contributed by atoms with E-state index in [1.165, 1.54) is 21.6 Å². The van der Waals surface area contributed by atoms with Gasteiger partial charge in [-0.05, 0) is 56.3 Å². The van der Waals surface area contributed by atoms with E-state index in [9.17, 15) is 9.59 Å². The van der Waals surface area contributed by atoms with Crippen LogP contribution in [0.5, 0.6) is 0 Å². The van der Waals surface area contributed by atoms with Crippen molar-refractivity contribution in [2.75, 3.05) is 33.2 Å². The Morgan fingerprint density at radius 2 is 2.04 bits per heavy atom. The van der Waals surface area contributed by atoms with E-state index >= 15 is 0 Å². The second-order valence-corrected chi connectivity index (χ2v) is 7.07. The molecule has 138 valence electrons. The van der Waals surface area contributed by atoms with Gasteiger partial charge in [0.1, 0.15) is 0 Å². The third kappa shape index (κ3) is 5.30. The molecule has 1 N–H and O–H groups in total. The number of aryl methyl sites for hydroxylation is 2. The number of nitrogens with one attached hydrogen (secondary N) is 1. The molecule has 1 aliphatic heterocycles. The Morgan fingerprint density at radius 1 is 1.28 bits per heavy atom. The zero-order valence-corrected chi connectivity index (χ0v) is 16.0. The van der Waals surface area contributed by atoms with Crippen LogP contribution in [0.15, 0.2) is 18.2 Å². The molecule has 0 saturated carbocycles. The van der Waals surface area contributed by atoms with Crippen LogP contribution in [0.4, 0.5) is 0 Å². The molecule has 5 nitrogen and oxygen atoms in total. The maximum atomic E-state index is 12.5. The number of carbonyl (C=O) groups is 2. The van der Waals surface area contributed by atoms with Crippen molar-refractivity contribution in [3.05, 3.63) is 34.9 Å². The van der Waals surface area contributed by atoms with Gasteiger partial charge in [-0.15, -0.1) is 0 Å². The Kier molecular flexibility index (Phi) is 7.00. The average molecular weight is 345 g/mol. The molecule has 0 radical (unpaired) electrons. The summed E-state index contributed by atoms with van der Waals surface area (Å²) in [5, 5.41) is 2.81. The topological polar surface area (TPSA) is 52.7 Å². The molecule has 1 unspecified atom stereocenters. The normalized spacial score (nSPS) is 17.5. The van der Waals surface area contributed by atoms with E-state index < -0.39 is 0 Å². The van der Waals surface area contributed by atoms with Crippen LogP contribution in [-0.2, 0) is 9.59 Å². The summed E-state index contributed by atoms with van der Waals surface area (Å²) >= 11 is 0. The van der Waals surface area contributed by atoms with Crippen LogP contribution in [-0.4, -0.2) is 54.8 Å². The molecule has 0 spiro atoms. The Hall–Kier alpha value is -1.88. The highest BCUT2D eigenvalue weighted by atomic mass is 16.2. The van der Waals surface area contributed by atoms with Crippen molar-refractivity contribution in [1.29, 1.82) is 0 Å². The summed E-state index contributed by atoms with van der Waals surface area (Å²) in [5.41, 5.74) is 3.87. The van der Waals surface area contributed by atoms with Crippen molar-refractivity contribution < 1.29 is 9.59 Å². The number of carbonyl (C=O) groups excluding carboxylic acids is 2. The molecule has 1 atom stereocenters. The number of likely N-dealkylation sites (N-methyl/N-ethyl adjacent to an activating group) is 1. The minimum absolute atomic E-state index is 0.00221. The van der Waals surface area contributed by atoms with Crippen molar-refractivity contribution in [2.24, 2.45) is 0 Å². The van der Waals surface area contributed by atoms with Gasteiger partial charge in [-0.25, -0.2) is 0 Å². The number of hydrogen-bond acceptors (Lipinski definition) is 3. The van der Waals surface area contributed by atoms with Crippen LogP contribution < -0.4 is 5.32 Å². The highest BCUT2D eigenvalue weighted by molar-refractivity contribution is 5.85. The van der Waals surface area contributed by atoms with Gasteiger partial charge in [-0.3, -0.25) is 14.5 Å². The number of benzene rings is 1. The number of nitrogens with zero attached hydrogens (tertiary/aromatic N) is 2. The van der Waals surface area contributed by atoms with Crippen molar-refractivity contribution >= 4 is 11.8 Å². The van der Waals surface area contributed by atoms with Crippen LogP contribution >= 0.6 is 0 Å². The molecule has 0 aromatic heterocycles. The Morgan fingerprint density at radius 3 is 2.72 bits per heavy atom. The first kappa shape index (κ1) is 19.4.